The average molecular weight is 274 g/mol. The van der Waals surface area contributed by atoms with Gasteiger partial charge in [0.1, 0.15) is 0 Å². The van der Waals surface area contributed by atoms with E-state index in [1.165, 1.54) is 11.0 Å². The molecule has 0 spiro atoms. The van der Waals surface area contributed by atoms with Crippen LogP contribution in [0, 0.1) is 5.92 Å². The first-order valence-corrected chi connectivity index (χ1v) is 6.94. The van der Waals surface area contributed by atoms with E-state index in [1.54, 1.807) is 25.2 Å². The SMILES string of the molecule is CN(C(=O)C1CC2CCC1N2)c1ccccc1C(=O)O. The number of hydrogen-bond acceptors (Lipinski definition) is 3. The van der Waals surface area contributed by atoms with Crippen LogP contribution in [0.4, 0.5) is 5.69 Å². The molecule has 3 atom stereocenters. The van der Waals surface area contributed by atoms with E-state index in [2.05, 4.69) is 5.32 Å². The van der Waals surface area contributed by atoms with Crippen LogP contribution in [0.2, 0.25) is 0 Å². The summed E-state index contributed by atoms with van der Waals surface area (Å²) in [4.78, 5) is 25.3. The van der Waals surface area contributed by atoms with Crippen molar-refractivity contribution < 1.29 is 14.7 Å². The smallest absolute Gasteiger partial charge is 0.337 e. The lowest BCUT2D eigenvalue weighted by Crippen LogP contribution is -2.39. The van der Waals surface area contributed by atoms with E-state index in [9.17, 15) is 14.7 Å². The maximum Gasteiger partial charge on any atom is 0.337 e. The minimum absolute atomic E-state index is 0.0124. The number of carboxylic acid groups (broad SMARTS) is 1. The Labute approximate surface area is 117 Å². The van der Waals surface area contributed by atoms with Gasteiger partial charge in [0.25, 0.3) is 0 Å². The summed E-state index contributed by atoms with van der Waals surface area (Å²) in [5.74, 6) is -1.02. The fraction of sp³-hybridized carbons (Fsp3) is 0.467. The van der Waals surface area contributed by atoms with Gasteiger partial charge in [0.15, 0.2) is 0 Å². The molecule has 2 saturated heterocycles. The molecule has 5 nitrogen and oxygen atoms in total. The van der Waals surface area contributed by atoms with Crippen LogP contribution in [0.25, 0.3) is 0 Å². The van der Waals surface area contributed by atoms with Crippen LogP contribution < -0.4 is 10.2 Å². The van der Waals surface area contributed by atoms with Gasteiger partial charge in [-0.2, -0.15) is 0 Å². The number of carbonyl (C=O) groups excluding carboxylic acids is 1. The lowest BCUT2D eigenvalue weighted by Gasteiger charge is -2.26. The number of hydrogen-bond donors (Lipinski definition) is 2. The molecule has 2 fully saturated rings. The molecule has 3 unspecified atom stereocenters. The number of anilines is 1. The molecule has 1 aromatic carbocycles. The quantitative estimate of drug-likeness (QED) is 0.876. The average Bonchev–Trinajstić information content (AvgIpc) is 3.08. The minimum atomic E-state index is -1.01. The number of carboxylic acids is 1. The monoisotopic (exact) mass is 274 g/mol. The van der Waals surface area contributed by atoms with Crippen molar-refractivity contribution in [3.8, 4) is 0 Å². The Morgan fingerprint density at radius 1 is 1.30 bits per heavy atom. The molecule has 106 valence electrons. The van der Waals surface area contributed by atoms with E-state index in [1.807, 2.05) is 0 Å². The molecule has 3 rings (SSSR count). The molecule has 0 aliphatic carbocycles. The van der Waals surface area contributed by atoms with E-state index in [-0.39, 0.29) is 23.4 Å². The highest BCUT2D eigenvalue weighted by atomic mass is 16.4. The lowest BCUT2D eigenvalue weighted by atomic mass is 9.88. The number of rotatable bonds is 3. The summed E-state index contributed by atoms with van der Waals surface area (Å²) in [6.07, 6.45) is 3.04. The van der Waals surface area contributed by atoms with Crippen LogP contribution in [0.3, 0.4) is 0 Å². The zero-order valence-corrected chi connectivity index (χ0v) is 11.4. The van der Waals surface area contributed by atoms with E-state index in [0.29, 0.717) is 11.7 Å². The third-order valence-corrected chi connectivity index (χ3v) is 4.44. The molecule has 2 bridgehead atoms. The van der Waals surface area contributed by atoms with Crippen molar-refractivity contribution in [1.82, 2.24) is 5.32 Å². The molecule has 5 heteroatoms. The number of nitrogens with one attached hydrogen (secondary N) is 1. The maximum absolute atomic E-state index is 12.6. The predicted molar refractivity (Wildman–Crippen MR) is 74.9 cm³/mol. The van der Waals surface area contributed by atoms with Crippen molar-refractivity contribution >= 4 is 17.6 Å². The molecule has 20 heavy (non-hydrogen) atoms. The normalized spacial score (nSPS) is 27.6. The molecular weight excluding hydrogens is 256 g/mol. The number of benzene rings is 1. The van der Waals surface area contributed by atoms with Gasteiger partial charge in [-0.1, -0.05) is 12.1 Å². The van der Waals surface area contributed by atoms with Gasteiger partial charge in [0.2, 0.25) is 5.91 Å². The standard InChI is InChI=1S/C15H18N2O3/c1-17(13-5-3-2-4-10(13)15(19)20)14(18)11-8-9-6-7-12(11)16-9/h2-5,9,11-12,16H,6-8H2,1H3,(H,19,20). The highest BCUT2D eigenvalue weighted by Crippen LogP contribution is 2.35. The fourth-order valence-electron chi connectivity index (χ4n) is 3.41. The largest absolute Gasteiger partial charge is 0.478 e. The molecule has 1 aromatic rings. The number of fused-ring (bicyclic) bond motifs is 2. The Kier molecular flexibility index (Phi) is 3.22. The molecule has 0 aromatic heterocycles. The van der Waals surface area contributed by atoms with Gasteiger partial charge in [-0.15, -0.1) is 0 Å². The first-order valence-electron chi connectivity index (χ1n) is 6.94. The molecule has 2 N–H and O–H groups in total. The molecule has 0 radical (unpaired) electrons. The van der Waals surface area contributed by atoms with E-state index in [4.69, 9.17) is 0 Å². The molecule has 2 aliphatic heterocycles. The van der Waals surface area contributed by atoms with Crippen molar-refractivity contribution in [2.24, 2.45) is 5.92 Å². The Morgan fingerprint density at radius 2 is 2.05 bits per heavy atom. The van der Waals surface area contributed by atoms with Gasteiger partial charge < -0.3 is 15.3 Å². The summed E-state index contributed by atoms with van der Waals surface area (Å²) < 4.78 is 0. The van der Waals surface area contributed by atoms with Crippen molar-refractivity contribution in [2.45, 2.75) is 31.3 Å². The topological polar surface area (TPSA) is 69.6 Å². The van der Waals surface area contributed by atoms with Crippen LogP contribution in [-0.4, -0.2) is 36.1 Å². The van der Waals surface area contributed by atoms with E-state index >= 15 is 0 Å². The summed E-state index contributed by atoms with van der Waals surface area (Å²) in [6, 6.07) is 7.35. The van der Waals surface area contributed by atoms with Crippen molar-refractivity contribution in [2.75, 3.05) is 11.9 Å². The first kappa shape index (κ1) is 13.1. The fourth-order valence-corrected chi connectivity index (χ4v) is 3.41. The van der Waals surface area contributed by atoms with Crippen LogP contribution in [0.5, 0.6) is 0 Å². The number of nitrogens with zero attached hydrogens (tertiary/aromatic N) is 1. The highest BCUT2D eigenvalue weighted by Gasteiger charge is 2.44. The molecule has 2 aliphatic rings. The highest BCUT2D eigenvalue weighted by molar-refractivity contribution is 6.02. The van der Waals surface area contributed by atoms with Gasteiger partial charge in [-0.25, -0.2) is 4.79 Å². The van der Waals surface area contributed by atoms with Gasteiger partial charge >= 0.3 is 5.97 Å². The van der Waals surface area contributed by atoms with Crippen molar-refractivity contribution in [3.63, 3.8) is 0 Å². The van der Waals surface area contributed by atoms with Crippen LogP contribution in [0.1, 0.15) is 29.6 Å². The summed E-state index contributed by atoms with van der Waals surface area (Å²) in [6.45, 7) is 0. The Morgan fingerprint density at radius 3 is 2.65 bits per heavy atom. The first-order chi connectivity index (χ1) is 9.58. The van der Waals surface area contributed by atoms with Gasteiger partial charge in [-0.3, -0.25) is 4.79 Å². The Balaban J connectivity index is 1.84. The van der Waals surface area contributed by atoms with Crippen LogP contribution in [-0.2, 0) is 4.79 Å². The summed E-state index contributed by atoms with van der Waals surface area (Å²) in [5, 5.41) is 12.7. The second-order valence-electron chi connectivity index (χ2n) is 5.61. The lowest BCUT2D eigenvalue weighted by molar-refractivity contribution is -0.122. The van der Waals surface area contributed by atoms with Gasteiger partial charge in [-0.05, 0) is 31.4 Å². The van der Waals surface area contributed by atoms with Crippen LogP contribution >= 0.6 is 0 Å². The zero-order valence-electron chi connectivity index (χ0n) is 11.4. The Bertz CT molecular complexity index is 558. The molecule has 0 saturated carbocycles. The van der Waals surface area contributed by atoms with Crippen molar-refractivity contribution in [3.05, 3.63) is 29.8 Å². The summed E-state index contributed by atoms with van der Waals surface area (Å²) >= 11 is 0. The van der Waals surface area contributed by atoms with E-state index in [0.717, 1.165) is 19.3 Å². The van der Waals surface area contributed by atoms with Crippen LogP contribution in [0.15, 0.2) is 24.3 Å². The Hall–Kier alpha value is -1.88. The second kappa shape index (κ2) is 4.90. The zero-order chi connectivity index (χ0) is 14.3. The predicted octanol–water partition coefficient (Wildman–Crippen LogP) is 1.49. The molecule has 2 heterocycles. The van der Waals surface area contributed by atoms with Gasteiger partial charge in [0, 0.05) is 19.1 Å². The number of amides is 1. The number of aromatic carboxylic acids is 1. The molecule has 1 amide bonds. The second-order valence-corrected chi connectivity index (χ2v) is 5.61. The van der Waals surface area contributed by atoms with E-state index < -0.39 is 5.97 Å². The van der Waals surface area contributed by atoms with Gasteiger partial charge in [0.05, 0.1) is 17.2 Å². The summed E-state index contributed by atoms with van der Waals surface area (Å²) in [5.41, 5.74) is 0.632. The third kappa shape index (κ3) is 2.08. The molecular formula is C15H18N2O3. The summed E-state index contributed by atoms with van der Waals surface area (Å²) in [7, 11) is 1.66. The minimum Gasteiger partial charge on any atom is -0.478 e. The van der Waals surface area contributed by atoms with Crippen molar-refractivity contribution in [1.29, 1.82) is 0 Å². The number of carbonyl (C=O) groups is 2. The third-order valence-electron chi connectivity index (χ3n) is 4.44. The number of para-hydroxylation sites is 1. The maximum atomic E-state index is 12.6.